The molecule has 5 heteroatoms. The second kappa shape index (κ2) is 5.73. The van der Waals surface area contributed by atoms with Gasteiger partial charge in [0.1, 0.15) is 5.03 Å². The zero-order valence-corrected chi connectivity index (χ0v) is 11.1. The molecule has 2 N–H and O–H groups in total. The van der Waals surface area contributed by atoms with Crippen LogP contribution in [0.1, 0.15) is 13.8 Å². The Kier molecular flexibility index (Phi) is 4.04. The van der Waals surface area contributed by atoms with E-state index >= 15 is 0 Å². The van der Waals surface area contributed by atoms with Gasteiger partial charge in [-0.3, -0.25) is 4.98 Å². The molecule has 2 heterocycles. The number of nitrogens with zero attached hydrogens (tertiary/aromatic N) is 2. The van der Waals surface area contributed by atoms with Crippen LogP contribution >= 0.6 is 11.8 Å². The van der Waals surface area contributed by atoms with Crippen molar-refractivity contribution in [3.63, 3.8) is 0 Å². The van der Waals surface area contributed by atoms with Gasteiger partial charge in [-0.2, -0.15) is 0 Å². The number of nitrogen functional groups attached to an aromatic ring is 1. The summed E-state index contributed by atoms with van der Waals surface area (Å²) >= 11 is 1.48. The highest BCUT2D eigenvalue weighted by molar-refractivity contribution is 7.99. The van der Waals surface area contributed by atoms with Crippen LogP contribution in [0.25, 0.3) is 0 Å². The molecule has 0 saturated heterocycles. The first-order valence-electron chi connectivity index (χ1n) is 5.66. The summed E-state index contributed by atoms with van der Waals surface area (Å²) in [6.45, 7) is 3.98. The van der Waals surface area contributed by atoms with Crippen LogP contribution in [-0.4, -0.2) is 16.1 Å². The number of ether oxygens (including phenoxy) is 1. The molecule has 2 aromatic heterocycles. The van der Waals surface area contributed by atoms with E-state index in [-0.39, 0.29) is 6.10 Å². The van der Waals surface area contributed by atoms with Crippen molar-refractivity contribution in [3.05, 3.63) is 36.8 Å². The van der Waals surface area contributed by atoms with Crippen molar-refractivity contribution in [1.82, 2.24) is 9.97 Å². The summed E-state index contributed by atoms with van der Waals surface area (Å²) in [5.74, 6) is 0.772. The summed E-state index contributed by atoms with van der Waals surface area (Å²) in [5.41, 5.74) is 6.51. The Hall–Kier alpha value is -1.75. The maximum atomic E-state index is 5.87. The molecular formula is C13H15N3OS. The van der Waals surface area contributed by atoms with Crippen molar-refractivity contribution >= 4 is 17.4 Å². The van der Waals surface area contributed by atoms with Gasteiger partial charge in [0, 0.05) is 17.3 Å². The van der Waals surface area contributed by atoms with Crippen LogP contribution in [0.5, 0.6) is 5.75 Å². The fraction of sp³-hybridized carbons (Fsp3) is 0.231. The third-order valence-corrected chi connectivity index (χ3v) is 3.21. The van der Waals surface area contributed by atoms with Crippen molar-refractivity contribution in [3.8, 4) is 5.75 Å². The molecule has 0 amide bonds. The molecule has 0 saturated carbocycles. The predicted octanol–water partition coefficient (Wildman–Crippen LogP) is 3.00. The van der Waals surface area contributed by atoms with E-state index in [1.807, 2.05) is 32.0 Å². The van der Waals surface area contributed by atoms with E-state index in [1.165, 1.54) is 11.8 Å². The molecule has 2 rings (SSSR count). The Bertz CT molecular complexity index is 531. The molecule has 0 spiro atoms. The summed E-state index contributed by atoms with van der Waals surface area (Å²) < 4.78 is 5.72. The van der Waals surface area contributed by atoms with Crippen LogP contribution in [0.3, 0.4) is 0 Å². The predicted molar refractivity (Wildman–Crippen MR) is 72.8 cm³/mol. The monoisotopic (exact) mass is 261 g/mol. The third kappa shape index (κ3) is 3.13. The Balaban J connectivity index is 2.26. The van der Waals surface area contributed by atoms with E-state index in [0.29, 0.717) is 5.69 Å². The summed E-state index contributed by atoms with van der Waals surface area (Å²) in [5, 5.41) is 0.809. The highest BCUT2D eigenvalue weighted by Gasteiger charge is 2.09. The normalized spacial score (nSPS) is 10.6. The minimum atomic E-state index is 0.114. The molecule has 0 aromatic carbocycles. The molecule has 4 nitrogen and oxygen atoms in total. The molecule has 0 aliphatic carbocycles. The lowest BCUT2D eigenvalue weighted by molar-refractivity contribution is 0.234. The standard InChI is InChI=1S/C13H15N3OS/c1-9(2)17-11-4-3-6-16-13(11)18-12-5-7-15-8-10(12)14/h3-9H,14H2,1-2H3. The highest BCUT2D eigenvalue weighted by Crippen LogP contribution is 2.35. The zero-order valence-electron chi connectivity index (χ0n) is 10.3. The van der Waals surface area contributed by atoms with Gasteiger partial charge in [-0.1, -0.05) is 11.8 Å². The number of aromatic nitrogens is 2. The Morgan fingerprint density at radius 3 is 2.83 bits per heavy atom. The van der Waals surface area contributed by atoms with Crippen LogP contribution in [0.2, 0.25) is 0 Å². The summed E-state index contributed by atoms with van der Waals surface area (Å²) in [6, 6.07) is 5.64. The Morgan fingerprint density at radius 2 is 2.11 bits per heavy atom. The number of hydrogen-bond donors (Lipinski definition) is 1. The molecule has 0 radical (unpaired) electrons. The summed E-state index contributed by atoms with van der Waals surface area (Å²) in [7, 11) is 0. The van der Waals surface area contributed by atoms with E-state index in [1.54, 1.807) is 18.6 Å². The molecule has 94 valence electrons. The van der Waals surface area contributed by atoms with Crippen LogP contribution in [0.15, 0.2) is 46.7 Å². The molecule has 0 atom stereocenters. The number of hydrogen-bond acceptors (Lipinski definition) is 5. The van der Waals surface area contributed by atoms with Crippen LogP contribution in [0, 0.1) is 0 Å². The van der Waals surface area contributed by atoms with Gasteiger partial charge in [-0.15, -0.1) is 0 Å². The lowest BCUT2D eigenvalue weighted by atomic mass is 10.4. The van der Waals surface area contributed by atoms with E-state index in [9.17, 15) is 0 Å². The smallest absolute Gasteiger partial charge is 0.152 e. The van der Waals surface area contributed by atoms with Gasteiger partial charge >= 0.3 is 0 Å². The number of pyridine rings is 2. The molecule has 0 aliphatic heterocycles. The van der Waals surface area contributed by atoms with Gasteiger partial charge < -0.3 is 10.5 Å². The lowest BCUT2D eigenvalue weighted by Crippen LogP contribution is -2.06. The summed E-state index contributed by atoms with van der Waals surface area (Å²) in [4.78, 5) is 9.23. The molecule has 0 bridgehead atoms. The number of rotatable bonds is 4. The van der Waals surface area contributed by atoms with Crippen molar-refractivity contribution in [2.24, 2.45) is 0 Å². The molecule has 0 aliphatic rings. The second-order valence-electron chi connectivity index (χ2n) is 3.99. The SMILES string of the molecule is CC(C)Oc1cccnc1Sc1ccncc1N. The minimum Gasteiger partial charge on any atom is -0.488 e. The Morgan fingerprint density at radius 1 is 1.28 bits per heavy atom. The second-order valence-corrected chi connectivity index (χ2v) is 5.02. The van der Waals surface area contributed by atoms with Gasteiger partial charge in [-0.05, 0) is 32.0 Å². The first kappa shape index (κ1) is 12.7. The topological polar surface area (TPSA) is 61.0 Å². The maximum Gasteiger partial charge on any atom is 0.152 e. The van der Waals surface area contributed by atoms with Gasteiger partial charge in [0.2, 0.25) is 0 Å². The highest BCUT2D eigenvalue weighted by atomic mass is 32.2. The first-order valence-corrected chi connectivity index (χ1v) is 6.47. The van der Waals surface area contributed by atoms with Crippen molar-refractivity contribution in [2.75, 3.05) is 5.73 Å². The van der Waals surface area contributed by atoms with Gasteiger partial charge in [0.15, 0.2) is 5.75 Å². The van der Waals surface area contributed by atoms with Crippen LogP contribution in [-0.2, 0) is 0 Å². The Labute approximate surface area is 111 Å². The van der Waals surface area contributed by atoms with Crippen molar-refractivity contribution in [1.29, 1.82) is 0 Å². The van der Waals surface area contributed by atoms with E-state index in [2.05, 4.69) is 9.97 Å². The van der Waals surface area contributed by atoms with Gasteiger partial charge in [-0.25, -0.2) is 4.98 Å². The van der Waals surface area contributed by atoms with Gasteiger partial charge in [0.05, 0.1) is 18.0 Å². The zero-order chi connectivity index (χ0) is 13.0. The van der Waals surface area contributed by atoms with Crippen LogP contribution in [0.4, 0.5) is 5.69 Å². The summed E-state index contributed by atoms with van der Waals surface area (Å²) in [6.07, 6.45) is 5.20. The average molecular weight is 261 g/mol. The fourth-order valence-corrected chi connectivity index (χ4v) is 2.23. The van der Waals surface area contributed by atoms with E-state index < -0.39 is 0 Å². The molecular weight excluding hydrogens is 246 g/mol. The molecule has 0 fully saturated rings. The number of nitrogens with two attached hydrogens (primary N) is 1. The van der Waals surface area contributed by atoms with Crippen molar-refractivity contribution in [2.45, 2.75) is 29.9 Å². The van der Waals surface area contributed by atoms with Gasteiger partial charge in [0.25, 0.3) is 0 Å². The van der Waals surface area contributed by atoms with Crippen LogP contribution < -0.4 is 10.5 Å². The minimum absolute atomic E-state index is 0.114. The maximum absolute atomic E-state index is 5.87. The van der Waals surface area contributed by atoms with Crippen molar-refractivity contribution < 1.29 is 4.74 Å². The average Bonchev–Trinajstić information content (AvgIpc) is 2.34. The third-order valence-electron chi connectivity index (χ3n) is 2.12. The molecule has 2 aromatic rings. The largest absolute Gasteiger partial charge is 0.488 e. The lowest BCUT2D eigenvalue weighted by Gasteiger charge is -2.13. The fourth-order valence-electron chi connectivity index (χ4n) is 1.39. The van der Waals surface area contributed by atoms with E-state index in [0.717, 1.165) is 15.7 Å². The first-order chi connectivity index (χ1) is 8.66. The van der Waals surface area contributed by atoms with E-state index in [4.69, 9.17) is 10.5 Å². The quantitative estimate of drug-likeness (QED) is 0.916. The molecule has 0 unspecified atom stereocenters. The number of anilines is 1. The molecule has 18 heavy (non-hydrogen) atoms.